The van der Waals surface area contributed by atoms with Gasteiger partial charge in [0.15, 0.2) is 0 Å². The fourth-order valence-corrected chi connectivity index (χ4v) is 1.76. The summed E-state index contributed by atoms with van der Waals surface area (Å²) in [6.07, 6.45) is 8.58. The van der Waals surface area contributed by atoms with Gasteiger partial charge in [0.25, 0.3) is 0 Å². The number of ether oxygens (including phenoxy) is 1. The van der Waals surface area contributed by atoms with Gasteiger partial charge in [0.1, 0.15) is 6.04 Å². The van der Waals surface area contributed by atoms with Crippen LogP contribution in [0.3, 0.4) is 0 Å². The van der Waals surface area contributed by atoms with Crippen LogP contribution in [0.2, 0.25) is 0 Å². The SMILES string of the molecule is CC.CCOC(=O)NC(CC)C(=O)NC1=CC=CCC=C1C. The van der Waals surface area contributed by atoms with Gasteiger partial charge in [-0.25, -0.2) is 4.79 Å². The minimum Gasteiger partial charge on any atom is -0.450 e. The lowest BCUT2D eigenvalue weighted by Crippen LogP contribution is -2.46. The lowest BCUT2D eigenvalue weighted by atomic mass is 10.1. The Kier molecular flexibility index (Phi) is 10.5. The van der Waals surface area contributed by atoms with Crippen LogP contribution in [-0.4, -0.2) is 24.6 Å². The number of rotatable bonds is 5. The molecule has 1 rings (SSSR count). The molecular weight excluding hydrogens is 280 g/mol. The second kappa shape index (κ2) is 11.6. The molecule has 0 aromatic rings. The number of nitrogens with one attached hydrogen (secondary N) is 2. The predicted octanol–water partition coefficient (Wildman–Crippen LogP) is 3.44. The van der Waals surface area contributed by atoms with Gasteiger partial charge >= 0.3 is 6.09 Å². The molecule has 0 radical (unpaired) electrons. The van der Waals surface area contributed by atoms with E-state index in [1.165, 1.54) is 0 Å². The molecule has 5 heteroatoms. The zero-order valence-corrected chi connectivity index (χ0v) is 14.2. The fraction of sp³-hybridized carbons (Fsp3) is 0.529. The maximum absolute atomic E-state index is 12.2. The first kappa shape index (κ1) is 20.0. The Bertz CT molecular complexity index is 451. The summed E-state index contributed by atoms with van der Waals surface area (Å²) in [4.78, 5) is 23.5. The van der Waals surface area contributed by atoms with Gasteiger partial charge in [-0.05, 0) is 38.3 Å². The zero-order valence-electron chi connectivity index (χ0n) is 14.2. The number of carbonyl (C=O) groups is 2. The van der Waals surface area contributed by atoms with E-state index in [-0.39, 0.29) is 12.5 Å². The van der Waals surface area contributed by atoms with E-state index in [0.29, 0.717) is 6.42 Å². The normalized spacial score (nSPS) is 14.4. The molecule has 0 heterocycles. The third-order valence-corrected chi connectivity index (χ3v) is 2.93. The smallest absolute Gasteiger partial charge is 0.407 e. The Morgan fingerprint density at radius 3 is 2.59 bits per heavy atom. The number of carbonyl (C=O) groups excluding carboxylic acids is 2. The van der Waals surface area contributed by atoms with Crippen molar-refractivity contribution in [2.75, 3.05) is 6.61 Å². The quantitative estimate of drug-likeness (QED) is 0.817. The van der Waals surface area contributed by atoms with E-state index in [2.05, 4.69) is 10.6 Å². The second-order valence-electron chi connectivity index (χ2n) is 4.45. The molecule has 1 aliphatic rings. The molecule has 2 N–H and O–H groups in total. The second-order valence-corrected chi connectivity index (χ2v) is 4.45. The number of alkyl carbamates (subject to hydrolysis) is 1. The number of amides is 2. The Labute approximate surface area is 133 Å². The summed E-state index contributed by atoms with van der Waals surface area (Å²) in [5.74, 6) is -0.241. The van der Waals surface area contributed by atoms with Crippen molar-refractivity contribution in [1.82, 2.24) is 10.6 Å². The molecule has 0 bridgehead atoms. The van der Waals surface area contributed by atoms with Gasteiger partial charge in [-0.1, -0.05) is 39.0 Å². The monoisotopic (exact) mass is 308 g/mol. The summed E-state index contributed by atoms with van der Waals surface area (Å²) >= 11 is 0. The first-order valence-corrected chi connectivity index (χ1v) is 7.86. The highest BCUT2D eigenvalue weighted by molar-refractivity contribution is 5.87. The molecule has 1 aliphatic carbocycles. The lowest BCUT2D eigenvalue weighted by molar-refractivity contribution is -0.122. The van der Waals surface area contributed by atoms with Crippen molar-refractivity contribution in [3.05, 3.63) is 35.6 Å². The average Bonchev–Trinajstić information content (AvgIpc) is 2.72. The van der Waals surface area contributed by atoms with Gasteiger partial charge in [0.2, 0.25) is 5.91 Å². The lowest BCUT2D eigenvalue weighted by Gasteiger charge is -2.18. The first-order chi connectivity index (χ1) is 10.6. The molecular formula is C17H28N2O3. The molecule has 5 nitrogen and oxygen atoms in total. The van der Waals surface area contributed by atoms with Gasteiger partial charge in [-0.2, -0.15) is 0 Å². The van der Waals surface area contributed by atoms with E-state index in [0.717, 1.165) is 17.7 Å². The largest absolute Gasteiger partial charge is 0.450 e. The van der Waals surface area contributed by atoms with Crippen molar-refractivity contribution in [2.24, 2.45) is 0 Å². The minimum atomic E-state index is -0.602. The van der Waals surface area contributed by atoms with Gasteiger partial charge in [0.05, 0.1) is 6.61 Å². The van der Waals surface area contributed by atoms with Crippen molar-refractivity contribution >= 4 is 12.0 Å². The van der Waals surface area contributed by atoms with Crippen LogP contribution in [-0.2, 0) is 9.53 Å². The molecule has 0 fully saturated rings. The molecule has 124 valence electrons. The van der Waals surface area contributed by atoms with Crippen LogP contribution < -0.4 is 10.6 Å². The Morgan fingerprint density at radius 1 is 1.32 bits per heavy atom. The maximum atomic E-state index is 12.2. The van der Waals surface area contributed by atoms with Crippen LogP contribution in [0.15, 0.2) is 35.6 Å². The summed E-state index contributed by atoms with van der Waals surface area (Å²) in [6.45, 7) is 9.78. The minimum absolute atomic E-state index is 0.241. The summed E-state index contributed by atoms with van der Waals surface area (Å²) in [5, 5.41) is 5.39. The standard InChI is InChI=1S/C15H22N2O3.C2H6/c1-4-12(17-15(19)20-5-2)14(18)16-13-10-8-6-7-9-11(13)3;1-2/h6,8-10,12H,4-5,7H2,1-3H3,(H,16,18)(H,17,19);1-2H3. The molecule has 0 saturated carbocycles. The topological polar surface area (TPSA) is 67.4 Å². The summed E-state index contributed by atoms with van der Waals surface area (Å²) in [5.41, 5.74) is 1.77. The molecule has 0 aliphatic heterocycles. The summed E-state index contributed by atoms with van der Waals surface area (Å²) in [6, 6.07) is -0.602. The maximum Gasteiger partial charge on any atom is 0.407 e. The first-order valence-electron chi connectivity index (χ1n) is 7.86. The fourth-order valence-electron chi connectivity index (χ4n) is 1.76. The molecule has 0 aromatic heterocycles. The van der Waals surface area contributed by atoms with Crippen LogP contribution in [0.4, 0.5) is 4.79 Å². The van der Waals surface area contributed by atoms with Crippen molar-refractivity contribution in [3.8, 4) is 0 Å². The van der Waals surface area contributed by atoms with Crippen LogP contribution in [0.5, 0.6) is 0 Å². The highest BCUT2D eigenvalue weighted by Crippen LogP contribution is 2.11. The Hall–Kier alpha value is -2.04. The van der Waals surface area contributed by atoms with Gasteiger partial charge < -0.3 is 15.4 Å². The highest BCUT2D eigenvalue weighted by atomic mass is 16.5. The van der Waals surface area contributed by atoms with E-state index in [1.54, 1.807) is 6.92 Å². The number of hydrogen-bond acceptors (Lipinski definition) is 3. The summed E-state index contributed by atoms with van der Waals surface area (Å²) < 4.78 is 4.79. The number of hydrogen-bond donors (Lipinski definition) is 2. The van der Waals surface area contributed by atoms with E-state index in [4.69, 9.17) is 4.74 Å². The Morgan fingerprint density at radius 2 is 2.00 bits per heavy atom. The van der Waals surface area contributed by atoms with E-state index in [9.17, 15) is 9.59 Å². The van der Waals surface area contributed by atoms with Gasteiger partial charge in [0, 0.05) is 5.70 Å². The highest BCUT2D eigenvalue weighted by Gasteiger charge is 2.20. The third-order valence-electron chi connectivity index (χ3n) is 2.93. The number of allylic oxidation sites excluding steroid dienone is 5. The van der Waals surface area contributed by atoms with Crippen LogP contribution >= 0.6 is 0 Å². The molecule has 0 aromatic carbocycles. The average molecular weight is 308 g/mol. The Balaban J connectivity index is 0.00000211. The third kappa shape index (κ3) is 7.11. The van der Waals surface area contributed by atoms with E-state index < -0.39 is 12.1 Å². The van der Waals surface area contributed by atoms with Crippen molar-refractivity contribution in [1.29, 1.82) is 0 Å². The molecule has 22 heavy (non-hydrogen) atoms. The van der Waals surface area contributed by atoms with Crippen LogP contribution in [0, 0.1) is 0 Å². The molecule has 1 atom stereocenters. The summed E-state index contributed by atoms with van der Waals surface area (Å²) in [7, 11) is 0. The van der Waals surface area contributed by atoms with Crippen molar-refractivity contribution in [3.63, 3.8) is 0 Å². The van der Waals surface area contributed by atoms with Crippen LogP contribution in [0.25, 0.3) is 0 Å². The van der Waals surface area contributed by atoms with Crippen molar-refractivity contribution in [2.45, 2.75) is 53.5 Å². The predicted molar refractivity (Wildman–Crippen MR) is 89.3 cm³/mol. The molecule has 1 unspecified atom stereocenters. The van der Waals surface area contributed by atoms with Gasteiger partial charge in [-0.15, -0.1) is 0 Å². The molecule has 2 amide bonds. The van der Waals surface area contributed by atoms with Crippen LogP contribution in [0.1, 0.15) is 47.5 Å². The molecule has 0 saturated heterocycles. The van der Waals surface area contributed by atoms with Gasteiger partial charge in [-0.3, -0.25) is 4.79 Å². The van der Waals surface area contributed by atoms with E-state index in [1.807, 2.05) is 52.0 Å². The zero-order chi connectivity index (χ0) is 17.0. The van der Waals surface area contributed by atoms with Crippen molar-refractivity contribution < 1.29 is 14.3 Å². The molecule has 0 spiro atoms. The van der Waals surface area contributed by atoms with E-state index >= 15 is 0 Å².